The number of thioether (sulfide) groups is 1. The minimum Gasteiger partial charge on any atom is -0.497 e. The lowest BCUT2D eigenvalue weighted by atomic mass is 10.1. The van der Waals surface area contributed by atoms with Crippen LogP contribution in [0, 0.1) is 5.82 Å². The van der Waals surface area contributed by atoms with Crippen molar-refractivity contribution in [2.45, 2.75) is 5.16 Å². The molecule has 2 heterocycles. The standard InChI is InChI=1S/C25H18FN5O3S/c1-34-16-12-10-15(11-13-16)22-24(33)29-23-17-6-2-4-8-19(17)28-25(31(23)30-22)35-14-21(32)27-20-9-5-3-7-18(20)26/h2-13H,14H2,1H3,(H,27,32). The zero-order valence-electron chi connectivity index (χ0n) is 18.4. The van der Waals surface area contributed by atoms with Crippen molar-refractivity contribution in [3.63, 3.8) is 0 Å². The van der Waals surface area contributed by atoms with Crippen molar-refractivity contribution in [1.82, 2.24) is 19.6 Å². The molecule has 0 unspecified atom stereocenters. The molecule has 0 aliphatic rings. The van der Waals surface area contributed by atoms with Crippen LogP contribution in [-0.2, 0) is 4.79 Å². The van der Waals surface area contributed by atoms with E-state index in [1.165, 1.54) is 16.6 Å². The smallest absolute Gasteiger partial charge is 0.300 e. The molecule has 5 rings (SSSR count). The molecule has 0 fully saturated rings. The van der Waals surface area contributed by atoms with E-state index in [0.29, 0.717) is 33.0 Å². The van der Waals surface area contributed by atoms with E-state index in [1.54, 1.807) is 55.6 Å². The average Bonchev–Trinajstić information content (AvgIpc) is 2.88. The topological polar surface area (TPSA) is 98.5 Å². The van der Waals surface area contributed by atoms with E-state index in [2.05, 4.69) is 20.4 Å². The first-order valence-electron chi connectivity index (χ1n) is 10.5. The van der Waals surface area contributed by atoms with Crippen LogP contribution in [-0.4, -0.2) is 38.4 Å². The van der Waals surface area contributed by atoms with Gasteiger partial charge < -0.3 is 10.1 Å². The van der Waals surface area contributed by atoms with Crippen molar-refractivity contribution in [3.05, 3.63) is 89.0 Å². The molecule has 0 bridgehead atoms. The molecule has 0 radical (unpaired) electrons. The fourth-order valence-electron chi connectivity index (χ4n) is 3.51. The molecule has 2 aromatic heterocycles. The number of hydrogen-bond donors (Lipinski definition) is 1. The minimum absolute atomic E-state index is 0.0551. The number of carbonyl (C=O) groups excluding carboxylic acids is 1. The summed E-state index contributed by atoms with van der Waals surface area (Å²) < 4.78 is 20.5. The number of nitrogens with one attached hydrogen (secondary N) is 1. The maximum atomic E-state index is 13.9. The Morgan fingerprint density at radius 2 is 1.77 bits per heavy atom. The van der Waals surface area contributed by atoms with E-state index in [0.717, 1.165) is 11.8 Å². The van der Waals surface area contributed by atoms with Gasteiger partial charge in [0.1, 0.15) is 11.6 Å². The van der Waals surface area contributed by atoms with Gasteiger partial charge in [0, 0.05) is 10.9 Å². The Bertz CT molecular complexity index is 1620. The second-order valence-corrected chi connectivity index (χ2v) is 8.40. The highest BCUT2D eigenvalue weighted by Crippen LogP contribution is 2.25. The van der Waals surface area contributed by atoms with Crippen LogP contribution in [0.5, 0.6) is 5.75 Å². The van der Waals surface area contributed by atoms with Crippen LogP contribution in [0.25, 0.3) is 27.8 Å². The molecule has 1 N–H and O–H groups in total. The number of hydrogen-bond acceptors (Lipinski definition) is 7. The molecule has 8 nitrogen and oxygen atoms in total. The number of para-hydroxylation sites is 2. The zero-order valence-corrected chi connectivity index (χ0v) is 19.3. The van der Waals surface area contributed by atoms with E-state index in [9.17, 15) is 14.0 Å². The predicted molar refractivity (Wildman–Crippen MR) is 132 cm³/mol. The third-order valence-electron chi connectivity index (χ3n) is 5.20. The van der Waals surface area contributed by atoms with Gasteiger partial charge in [-0.2, -0.15) is 14.6 Å². The Balaban J connectivity index is 1.55. The molecule has 174 valence electrons. The Morgan fingerprint density at radius 1 is 1.03 bits per heavy atom. The third-order valence-corrected chi connectivity index (χ3v) is 6.13. The van der Waals surface area contributed by atoms with Crippen LogP contribution >= 0.6 is 11.8 Å². The van der Waals surface area contributed by atoms with E-state index in [1.807, 2.05) is 12.1 Å². The molecule has 1 amide bonds. The van der Waals surface area contributed by atoms with Gasteiger partial charge in [-0.1, -0.05) is 36.0 Å². The second kappa shape index (κ2) is 9.51. The Labute approximate surface area is 202 Å². The van der Waals surface area contributed by atoms with Crippen molar-refractivity contribution in [3.8, 4) is 17.0 Å². The highest BCUT2D eigenvalue weighted by atomic mass is 32.2. The van der Waals surface area contributed by atoms with Gasteiger partial charge in [-0.05, 0) is 48.5 Å². The SMILES string of the molecule is COc1ccc(-c2nn3c(SCC(=O)Nc4ccccc4F)nc4ccccc4c3nc2=O)cc1. The number of fused-ring (bicyclic) bond motifs is 3. The monoisotopic (exact) mass is 487 g/mol. The van der Waals surface area contributed by atoms with Gasteiger partial charge in [-0.25, -0.2) is 9.37 Å². The summed E-state index contributed by atoms with van der Waals surface area (Å²) in [6.07, 6.45) is 0. The maximum absolute atomic E-state index is 13.9. The van der Waals surface area contributed by atoms with Gasteiger partial charge >= 0.3 is 0 Å². The first-order valence-corrected chi connectivity index (χ1v) is 11.5. The molecule has 0 atom stereocenters. The fourth-order valence-corrected chi connectivity index (χ4v) is 4.25. The van der Waals surface area contributed by atoms with Crippen LogP contribution < -0.4 is 15.6 Å². The summed E-state index contributed by atoms with van der Waals surface area (Å²) >= 11 is 1.11. The summed E-state index contributed by atoms with van der Waals surface area (Å²) in [4.78, 5) is 34.3. The number of carbonyl (C=O) groups is 1. The number of aromatic nitrogens is 4. The number of benzene rings is 3. The highest BCUT2D eigenvalue weighted by molar-refractivity contribution is 7.99. The summed E-state index contributed by atoms with van der Waals surface area (Å²) in [5.41, 5.74) is 1.25. The molecular formula is C25H18FN5O3S. The van der Waals surface area contributed by atoms with Crippen LogP contribution in [0.15, 0.2) is 82.7 Å². The van der Waals surface area contributed by atoms with Gasteiger partial charge in [-0.15, -0.1) is 0 Å². The number of ether oxygens (including phenoxy) is 1. The molecule has 0 aliphatic carbocycles. The van der Waals surface area contributed by atoms with Gasteiger partial charge in [0.15, 0.2) is 16.5 Å². The van der Waals surface area contributed by atoms with Crippen molar-refractivity contribution in [2.75, 3.05) is 18.2 Å². The van der Waals surface area contributed by atoms with Crippen molar-refractivity contribution in [1.29, 1.82) is 0 Å². The van der Waals surface area contributed by atoms with E-state index in [-0.39, 0.29) is 17.1 Å². The first-order chi connectivity index (χ1) is 17.0. The molecule has 0 aliphatic heterocycles. The largest absolute Gasteiger partial charge is 0.497 e. The molecule has 10 heteroatoms. The van der Waals surface area contributed by atoms with Crippen molar-refractivity contribution >= 4 is 39.9 Å². The Hall–Kier alpha value is -4.31. The summed E-state index contributed by atoms with van der Waals surface area (Å²) in [7, 11) is 1.56. The number of nitrogens with zero attached hydrogens (tertiary/aromatic N) is 4. The van der Waals surface area contributed by atoms with Gasteiger partial charge in [0.05, 0.1) is 24.1 Å². The van der Waals surface area contributed by atoms with Gasteiger partial charge in [0.2, 0.25) is 5.91 Å². The number of amides is 1. The third kappa shape index (κ3) is 4.56. The Morgan fingerprint density at radius 3 is 2.54 bits per heavy atom. The van der Waals surface area contributed by atoms with Crippen LogP contribution in [0.4, 0.5) is 10.1 Å². The molecule has 3 aromatic carbocycles. The van der Waals surface area contributed by atoms with Crippen LogP contribution in [0.2, 0.25) is 0 Å². The molecule has 35 heavy (non-hydrogen) atoms. The van der Waals surface area contributed by atoms with Crippen molar-refractivity contribution < 1.29 is 13.9 Å². The number of anilines is 1. The summed E-state index contributed by atoms with van der Waals surface area (Å²) in [6, 6.07) is 20.1. The van der Waals surface area contributed by atoms with Crippen LogP contribution in [0.3, 0.4) is 0 Å². The second-order valence-electron chi connectivity index (χ2n) is 7.46. The van der Waals surface area contributed by atoms with Gasteiger partial charge in [-0.3, -0.25) is 9.59 Å². The lowest BCUT2D eigenvalue weighted by molar-refractivity contribution is -0.113. The average molecular weight is 488 g/mol. The first kappa shape index (κ1) is 22.5. The predicted octanol–water partition coefficient (Wildman–Crippen LogP) is 4.18. The van der Waals surface area contributed by atoms with E-state index >= 15 is 0 Å². The Kier molecular flexibility index (Phi) is 6.11. The van der Waals surface area contributed by atoms with Crippen LogP contribution in [0.1, 0.15) is 0 Å². The molecular weight excluding hydrogens is 469 g/mol. The fraction of sp³-hybridized carbons (Fsp3) is 0.0800. The number of methoxy groups -OCH3 is 1. The zero-order chi connectivity index (χ0) is 24.4. The molecule has 5 aromatic rings. The quantitative estimate of drug-likeness (QED) is 0.218. The maximum Gasteiger partial charge on any atom is 0.300 e. The summed E-state index contributed by atoms with van der Waals surface area (Å²) in [5.74, 6) is -0.340. The van der Waals surface area contributed by atoms with E-state index in [4.69, 9.17) is 4.74 Å². The van der Waals surface area contributed by atoms with Crippen molar-refractivity contribution in [2.24, 2.45) is 0 Å². The molecule has 0 saturated heterocycles. The highest BCUT2D eigenvalue weighted by Gasteiger charge is 2.16. The molecule has 0 saturated carbocycles. The number of halogens is 1. The molecule has 0 spiro atoms. The van der Waals surface area contributed by atoms with E-state index < -0.39 is 17.3 Å². The lowest BCUT2D eigenvalue weighted by Gasteiger charge is -2.11. The summed E-state index contributed by atoms with van der Waals surface area (Å²) in [6.45, 7) is 0. The lowest BCUT2D eigenvalue weighted by Crippen LogP contribution is -2.19. The normalized spacial score (nSPS) is 11.0. The minimum atomic E-state index is -0.521. The van der Waals surface area contributed by atoms with Gasteiger partial charge in [0.25, 0.3) is 5.56 Å². The summed E-state index contributed by atoms with van der Waals surface area (Å²) in [5, 5.41) is 8.12. The number of rotatable bonds is 6.